The van der Waals surface area contributed by atoms with Crippen LogP contribution in [-0.2, 0) is 4.74 Å². The predicted molar refractivity (Wildman–Crippen MR) is 103 cm³/mol. The first-order valence-electron chi connectivity index (χ1n) is 8.72. The van der Waals surface area contributed by atoms with Crippen molar-refractivity contribution in [3.05, 3.63) is 41.7 Å². The summed E-state index contributed by atoms with van der Waals surface area (Å²) in [4.78, 5) is 24.1. The molecule has 1 aromatic carbocycles. The first-order chi connectivity index (χ1) is 13.5. The number of halogens is 3. The van der Waals surface area contributed by atoms with Gasteiger partial charge in [0.05, 0.1) is 24.4 Å². The minimum Gasteiger partial charge on any atom is -0.465 e. The van der Waals surface area contributed by atoms with Crippen molar-refractivity contribution in [2.24, 2.45) is 0 Å². The second-order valence-corrected chi connectivity index (χ2v) is 6.22. The van der Waals surface area contributed by atoms with Gasteiger partial charge in [-0.05, 0) is 43.7 Å². The summed E-state index contributed by atoms with van der Waals surface area (Å²) in [6.07, 6.45) is 3.69. The number of ether oxygens (including phenoxy) is 2. The zero-order valence-electron chi connectivity index (χ0n) is 15.6. The molecule has 11 heteroatoms. The third kappa shape index (κ3) is 5.64. The van der Waals surface area contributed by atoms with E-state index in [0.717, 1.165) is 32.0 Å². The van der Waals surface area contributed by atoms with Crippen molar-refractivity contribution in [2.75, 3.05) is 25.5 Å². The summed E-state index contributed by atoms with van der Waals surface area (Å²) < 4.78 is 36.1. The second-order valence-electron chi connectivity index (χ2n) is 6.22. The molecule has 8 nitrogen and oxygen atoms in total. The lowest BCUT2D eigenvalue weighted by Gasteiger charge is -2.22. The standard InChI is InChI=1S/C18H20F2N4O4.ClH/c1-27-17(26)11-4-5-13(15(9-11)28-18(19)20)22-16(25)14-6-8-24(23-14)12-3-2-7-21-10-12;/h4-6,8-9,12,18,21H,2-3,7,10H2,1H3,(H,22,25);1H. The molecule has 2 N–H and O–H groups in total. The van der Waals surface area contributed by atoms with Crippen LogP contribution in [0.2, 0.25) is 0 Å². The van der Waals surface area contributed by atoms with Crippen LogP contribution in [0.15, 0.2) is 30.5 Å². The molecule has 1 aromatic heterocycles. The molecular formula is C18H21ClF2N4O4. The van der Waals surface area contributed by atoms with E-state index in [-0.39, 0.29) is 41.1 Å². The molecule has 1 saturated heterocycles. The Morgan fingerprint density at radius 2 is 2.14 bits per heavy atom. The molecule has 158 valence electrons. The number of hydrogen-bond acceptors (Lipinski definition) is 6. The highest BCUT2D eigenvalue weighted by Crippen LogP contribution is 2.28. The van der Waals surface area contributed by atoms with Gasteiger partial charge >= 0.3 is 12.6 Å². The maximum atomic E-state index is 12.7. The zero-order valence-corrected chi connectivity index (χ0v) is 16.4. The van der Waals surface area contributed by atoms with Crippen molar-refractivity contribution in [3.63, 3.8) is 0 Å². The molecule has 1 aliphatic heterocycles. The lowest BCUT2D eigenvalue weighted by atomic mass is 10.1. The number of alkyl halides is 2. The van der Waals surface area contributed by atoms with Crippen LogP contribution < -0.4 is 15.4 Å². The number of hydrogen-bond donors (Lipinski definition) is 2. The van der Waals surface area contributed by atoms with Gasteiger partial charge in [0.2, 0.25) is 0 Å². The van der Waals surface area contributed by atoms with Crippen molar-refractivity contribution in [1.82, 2.24) is 15.1 Å². The third-order valence-corrected chi connectivity index (χ3v) is 4.35. The van der Waals surface area contributed by atoms with E-state index in [1.807, 2.05) is 0 Å². The number of benzene rings is 1. The number of aromatic nitrogens is 2. The Balaban J connectivity index is 0.00000300. The van der Waals surface area contributed by atoms with Crippen molar-refractivity contribution < 1.29 is 27.8 Å². The SMILES string of the molecule is COC(=O)c1ccc(NC(=O)c2ccn(C3CCCNC3)n2)c(OC(F)F)c1.Cl. The van der Waals surface area contributed by atoms with Crippen LogP contribution in [0.5, 0.6) is 5.75 Å². The Morgan fingerprint density at radius 3 is 2.79 bits per heavy atom. The van der Waals surface area contributed by atoms with E-state index >= 15 is 0 Å². The number of nitrogens with zero attached hydrogens (tertiary/aromatic N) is 2. The summed E-state index contributed by atoms with van der Waals surface area (Å²) in [6.45, 7) is -1.40. The average Bonchev–Trinajstić information content (AvgIpc) is 3.19. The quantitative estimate of drug-likeness (QED) is 0.684. The molecule has 1 atom stereocenters. The van der Waals surface area contributed by atoms with Gasteiger partial charge < -0.3 is 20.1 Å². The molecule has 0 spiro atoms. The Labute approximate surface area is 172 Å². The number of rotatable bonds is 6. The van der Waals surface area contributed by atoms with Crippen LogP contribution in [0.25, 0.3) is 0 Å². The molecule has 29 heavy (non-hydrogen) atoms. The van der Waals surface area contributed by atoms with Crippen molar-refractivity contribution in [1.29, 1.82) is 0 Å². The molecule has 2 heterocycles. The van der Waals surface area contributed by atoms with E-state index in [1.54, 1.807) is 16.9 Å². The molecule has 2 aromatic rings. The summed E-state index contributed by atoms with van der Waals surface area (Å²) >= 11 is 0. The summed E-state index contributed by atoms with van der Waals surface area (Å²) in [5.41, 5.74) is 0.155. The largest absolute Gasteiger partial charge is 0.465 e. The topological polar surface area (TPSA) is 94.5 Å². The van der Waals surface area contributed by atoms with Gasteiger partial charge in [-0.15, -0.1) is 12.4 Å². The molecule has 1 unspecified atom stereocenters. The van der Waals surface area contributed by atoms with Gasteiger partial charge in [0.15, 0.2) is 5.69 Å². The second kappa shape index (κ2) is 10.2. The minimum atomic E-state index is -3.12. The predicted octanol–water partition coefficient (Wildman–Crippen LogP) is 2.87. The number of nitrogens with one attached hydrogen (secondary N) is 2. The maximum Gasteiger partial charge on any atom is 0.387 e. The summed E-state index contributed by atoms with van der Waals surface area (Å²) in [5, 5.41) is 10.0. The average molecular weight is 431 g/mol. The summed E-state index contributed by atoms with van der Waals surface area (Å²) in [6, 6.07) is 5.43. The monoisotopic (exact) mass is 430 g/mol. The Morgan fingerprint density at radius 1 is 1.34 bits per heavy atom. The zero-order chi connectivity index (χ0) is 20.1. The van der Waals surface area contributed by atoms with Crippen molar-refractivity contribution in [3.8, 4) is 5.75 Å². The van der Waals surface area contributed by atoms with Gasteiger partial charge in [0.1, 0.15) is 5.75 Å². The Kier molecular flexibility index (Phi) is 7.91. The first kappa shape index (κ1) is 22.6. The minimum absolute atomic E-state index is 0. The first-order valence-corrected chi connectivity index (χ1v) is 8.72. The van der Waals surface area contributed by atoms with Gasteiger partial charge in [-0.2, -0.15) is 13.9 Å². The number of carbonyl (C=O) groups is 2. The lowest BCUT2D eigenvalue weighted by Crippen LogP contribution is -2.32. The smallest absolute Gasteiger partial charge is 0.387 e. The van der Waals surface area contributed by atoms with E-state index in [2.05, 4.69) is 25.2 Å². The van der Waals surface area contributed by atoms with Gasteiger partial charge in [0.25, 0.3) is 5.91 Å². The number of amides is 1. The number of anilines is 1. The van der Waals surface area contributed by atoms with Gasteiger partial charge in [0, 0.05) is 12.7 Å². The number of methoxy groups -OCH3 is 1. The molecular weight excluding hydrogens is 410 g/mol. The van der Waals surface area contributed by atoms with E-state index in [0.29, 0.717) is 0 Å². The Bertz CT molecular complexity index is 856. The highest BCUT2D eigenvalue weighted by atomic mass is 35.5. The van der Waals surface area contributed by atoms with Crippen LogP contribution in [0.1, 0.15) is 39.7 Å². The van der Waals surface area contributed by atoms with Crippen molar-refractivity contribution >= 4 is 30.0 Å². The Hall–Kier alpha value is -2.72. The molecule has 0 aliphatic carbocycles. The molecule has 1 aliphatic rings. The highest BCUT2D eigenvalue weighted by Gasteiger charge is 2.20. The fourth-order valence-electron chi connectivity index (χ4n) is 2.97. The number of carbonyl (C=O) groups excluding carboxylic acids is 2. The number of piperidine rings is 1. The van der Waals surface area contributed by atoms with E-state index < -0.39 is 18.5 Å². The fourth-order valence-corrected chi connectivity index (χ4v) is 2.97. The fraction of sp³-hybridized carbons (Fsp3) is 0.389. The van der Waals surface area contributed by atoms with E-state index in [1.165, 1.54) is 19.2 Å². The third-order valence-electron chi connectivity index (χ3n) is 4.35. The van der Waals surface area contributed by atoms with Gasteiger partial charge in [-0.3, -0.25) is 9.48 Å². The molecule has 1 fully saturated rings. The van der Waals surface area contributed by atoms with E-state index in [4.69, 9.17) is 0 Å². The highest BCUT2D eigenvalue weighted by molar-refractivity contribution is 6.04. The van der Waals surface area contributed by atoms with E-state index in [9.17, 15) is 18.4 Å². The summed E-state index contributed by atoms with van der Waals surface area (Å²) in [5.74, 6) is -1.63. The van der Waals surface area contributed by atoms with Crippen LogP contribution in [-0.4, -0.2) is 48.5 Å². The van der Waals surface area contributed by atoms with Crippen LogP contribution in [0.4, 0.5) is 14.5 Å². The van der Waals surface area contributed by atoms with Crippen molar-refractivity contribution in [2.45, 2.75) is 25.5 Å². The molecule has 0 radical (unpaired) electrons. The van der Waals surface area contributed by atoms with Crippen LogP contribution in [0, 0.1) is 0 Å². The number of esters is 1. The van der Waals surface area contributed by atoms with Crippen LogP contribution in [0.3, 0.4) is 0 Å². The molecule has 0 bridgehead atoms. The van der Waals surface area contributed by atoms with Gasteiger partial charge in [-0.1, -0.05) is 0 Å². The lowest BCUT2D eigenvalue weighted by molar-refractivity contribution is -0.0494. The molecule has 1 amide bonds. The van der Waals surface area contributed by atoms with Crippen LogP contribution >= 0.6 is 12.4 Å². The molecule has 0 saturated carbocycles. The normalized spacial score (nSPS) is 16.1. The molecule has 3 rings (SSSR count). The summed E-state index contributed by atoms with van der Waals surface area (Å²) in [7, 11) is 1.17. The maximum absolute atomic E-state index is 12.7. The van der Waals surface area contributed by atoms with Gasteiger partial charge in [-0.25, -0.2) is 4.79 Å².